The van der Waals surface area contributed by atoms with Crippen LogP contribution in [0.3, 0.4) is 0 Å². The normalized spacial score (nSPS) is 39.9. The lowest BCUT2D eigenvalue weighted by Crippen LogP contribution is -2.63. The van der Waals surface area contributed by atoms with Gasteiger partial charge >= 0.3 is 0 Å². The molecule has 6 atom stereocenters. The van der Waals surface area contributed by atoms with E-state index in [1.807, 2.05) is 10.9 Å². The number of hydrogen-bond donors (Lipinski definition) is 1. The van der Waals surface area contributed by atoms with E-state index in [-0.39, 0.29) is 11.4 Å². The number of carbonyl (C=O) groups excluding carboxylic acids is 1. The van der Waals surface area contributed by atoms with Gasteiger partial charge in [-0.1, -0.05) is 25.1 Å². The van der Waals surface area contributed by atoms with Crippen molar-refractivity contribution in [1.29, 1.82) is 0 Å². The number of para-hydroxylation sites is 1. The maximum atomic E-state index is 12.1. The summed E-state index contributed by atoms with van der Waals surface area (Å²) < 4.78 is 0. The molecule has 4 aliphatic rings. The van der Waals surface area contributed by atoms with Crippen molar-refractivity contribution in [2.45, 2.75) is 76.7 Å². The number of nitrogens with zero attached hydrogens (tertiary/aromatic N) is 3. The van der Waals surface area contributed by atoms with Gasteiger partial charge in [0.05, 0.1) is 17.1 Å². The Morgan fingerprint density at radius 3 is 2.63 bits per heavy atom. The molecule has 3 fully saturated rings. The number of amides is 1. The molecular formula is C25H32N4O. The van der Waals surface area contributed by atoms with Crippen LogP contribution in [-0.2, 0) is 11.2 Å². The first-order chi connectivity index (χ1) is 14.5. The molecule has 1 aliphatic heterocycles. The minimum absolute atomic E-state index is 0.00989. The van der Waals surface area contributed by atoms with E-state index in [4.69, 9.17) is 10.2 Å². The third-order valence-corrected chi connectivity index (χ3v) is 9.30. The number of fused-ring (bicyclic) bond motifs is 7. The quantitative estimate of drug-likeness (QED) is 0.766. The third-order valence-electron chi connectivity index (χ3n) is 9.30. The summed E-state index contributed by atoms with van der Waals surface area (Å²) in [6, 6.07) is 10.3. The van der Waals surface area contributed by atoms with Crippen molar-refractivity contribution in [2.24, 2.45) is 23.2 Å². The van der Waals surface area contributed by atoms with E-state index in [0.29, 0.717) is 23.7 Å². The van der Waals surface area contributed by atoms with Crippen molar-refractivity contribution in [2.75, 3.05) is 0 Å². The van der Waals surface area contributed by atoms with E-state index in [9.17, 15) is 4.79 Å². The van der Waals surface area contributed by atoms with Crippen LogP contribution in [0.15, 0.2) is 30.3 Å². The van der Waals surface area contributed by atoms with E-state index in [1.54, 1.807) is 0 Å². The molecule has 158 valence electrons. The van der Waals surface area contributed by atoms with Gasteiger partial charge in [-0.25, -0.2) is 0 Å². The predicted molar refractivity (Wildman–Crippen MR) is 115 cm³/mol. The lowest BCUT2D eigenvalue weighted by Gasteiger charge is -2.61. The van der Waals surface area contributed by atoms with Crippen molar-refractivity contribution in [3.8, 4) is 5.69 Å². The van der Waals surface area contributed by atoms with Gasteiger partial charge in [-0.2, -0.15) is 15.0 Å². The van der Waals surface area contributed by atoms with Gasteiger partial charge in [0.1, 0.15) is 0 Å². The van der Waals surface area contributed by atoms with Crippen LogP contribution in [0.2, 0.25) is 0 Å². The zero-order valence-corrected chi connectivity index (χ0v) is 18.1. The molecule has 1 amide bonds. The Morgan fingerprint density at radius 2 is 1.80 bits per heavy atom. The summed E-state index contributed by atoms with van der Waals surface area (Å²) in [5.74, 6) is 2.87. The summed E-state index contributed by atoms with van der Waals surface area (Å²) in [5, 5.41) is 13.3. The lowest BCUT2D eigenvalue weighted by atomic mass is 9.45. The standard InChI is InChI=1S/C25H32N4O/c1-24-14-13-21-23(28-29(27-21)16-6-4-3-5-7-16)20(24)9-8-17-18(24)12-15-25(2)19(17)10-11-22(30)26-25/h3-7,17-20H,8-15H2,1-2H3,(H,26,30)/t17-,18?,19?,20?,24-,25+/m1/s1. The number of hydrogen-bond acceptors (Lipinski definition) is 3. The zero-order valence-electron chi connectivity index (χ0n) is 18.1. The summed E-state index contributed by atoms with van der Waals surface area (Å²) >= 11 is 0. The van der Waals surface area contributed by atoms with E-state index >= 15 is 0 Å². The Hall–Kier alpha value is -2.17. The maximum absolute atomic E-state index is 12.1. The van der Waals surface area contributed by atoms with Gasteiger partial charge in [0.2, 0.25) is 5.91 Å². The molecule has 2 aromatic rings. The first-order valence-electron chi connectivity index (χ1n) is 11.8. The molecule has 3 aliphatic carbocycles. The van der Waals surface area contributed by atoms with Gasteiger partial charge in [0.25, 0.3) is 0 Å². The molecule has 1 N–H and O–H groups in total. The van der Waals surface area contributed by atoms with Crippen LogP contribution in [0.1, 0.15) is 76.1 Å². The van der Waals surface area contributed by atoms with Gasteiger partial charge in [-0.15, -0.1) is 0 Å². The molecule has 2 heterocycles. The summed E-state index contributed by atoms with van der Waals surface area (Å²) in [6.45, 7) is 4.85. The topological polar surface area (TPSA) is 59.8 Å². The van der Waals surface area contributed by atoms with Crippen LogP contribution in [0.5, 0.6) is 0 Å². The molecule has 0 radical (unpaired) electrons. The van der Waals surface area contributed by atoms with E-state index in [0.717, 1.165) is 36.8 Å². The van der Waals surface area contributed by atoms with Gasteiger partial charge < -0.3 is 5.32 Å². The van der Waals surface area contributed by atoms with Crippen molar-refractivity contribution in [1.82, 2.24) is 20.3 Å². The largest absolute Gasteiger partial charge is 0.351 e. The molecule has 0 bridgehead atoms. The van der Waals surface area contributed by atoms with Crippen LogP contribution in [0.4, 0.5) is 0 Å². The molecule has 5 nitrogen and oxygen atoms in total. The minimum atomic E-state index is 0.00989. The van der Waals surface area contributed by atoms with E-state index in [1.165, 1.54) is 37.1 Å². The molecule has 6 rings (SSSR count). The Bertz CT molecular complexity index is 984. The lowest BCUT2D eigenvalue weighted by molar-refractivity contribution is -0.134. The average molecular weight is 405 g/mol. The SMILES string of the molecule is C[C@]12CCc3nn(-c4ccccc4)nc3C1CC[C@@H]1C2CC[C@]2(C)NC(=O)CCC12. The Kier molecular flexibility index (Phi) is 3.97. The zero-order chi connectivity index (χ0) is 20.5. The predicted octanol–water partition coefficient (Wildman–Crippen LogP) is 4.41. The smallest absolute Gasteiger partial charge is 0.220 e. The monoisotopic (exact) mass is 404 g/mol. The Balaban J connectivity index is 1.33. The van der Waals surface area contributed by atoms with Gasteiger partial charge in [0, 0.05) is 17.9 Å². The van der Waals surface area contributed by atoms with Crippen molar-refractivity contribution < 1.29 is 4.79 Å². The number of carbonyl (C=O) groups is 1. The summed E-state index contributed by atoms with van der Waals surface area (Å²) in [6.07, 6.45) is 8.85. The first kappa shape index (κ1) is 18.6. The van der Waals surface area contributed by atoms with Gasteiger partial charge in [-0.3, -0.25) is 4.79 Å². The minimum Gasteiger partial charge on any atom is -0.351 e. The van der Waals surface area contributed by atoms with Crippen molar-refractivity contribution >= 4 is 5.91 Å². The second-order valence-electron chi connectivity index (χ2n) is 10.7. The number of benzene rings is 1. The average Bonchev–Trinajstić information content (AvgIpc) is 3.17. The fourth-order valence-electron chi connectivity index (χ4n) is 7.80. The molecule has 30 heavy (non-hydrogen) atoms. The van der Waals surface area contributed by atoms with Crippen LogP contribution in [0, 0.1) is 23.2 Å². The Morgan fingerprint density at radius 1 is 0.967 bits per heavy atom. The Labute approximate surface area is 178 Å². The number of piperidine rings is 1. The second-order valence-corrected chi connectivity index (χ2v) is 10.7. The summed E-state index contributed by atoms with van der Waals surface area (Å²) in [4.78, 5) is 14.0. The molecule has 1 aromatic carbocycles. The highest BCUT2D eigenvalue weighted by molar-refractivity contribution is 5.77. The van der Waals surface area contributed by atoms with Crippen LogP contribution in [0.25, 0.3) is 5.69 Å². The highest BCUT2D eigenvalue weighted by Crippen LogP contribution is 2.63. The third kappa shape index (κ3) is 2.56. The highest BCUT2D eigenvalue weighted by Gasteiger charge is 2.58. The fraction of sp³-hybridized carbons (Fsp3) is 0.640. The fourth-order valence-corrected chi connectivity index (χ4v) is 7.80. The van der Waals surface area contributed by atoms with E-state index in [2.05, 4.69) is 43.4 Å². The molecule has 1 aromatic heterocycles. The van der Waals surface area contributed by atoms with Gasteiger partial charge in [-0.05, 0) is 87.2 Å². The van der Waals surface area contributed by atoms with Crippen LogP contribution < -0.4 is 5.32 Å². The molecule has 0 spiro atoms. The number of nitrogens with one attached hydrogen (secondary N) is 1. The molecule has 2 saturated carbocycles. The van der Waals surface area contributed by atoms with Crippen molar-refractivity contribution in [3.05, 3.63) is 41.7 Å². The summed E-state index contributed by atoms with van der Waals surface area (Å²) in [5.41, 5.74) is 3.84. The number of aromatic nitrogens is 3. The van der Waals surface area contributed by atoms with Crippen molar-refractivity contribution in [3.63, 3.8) is 0 Å². The number of rotatable bonds is 1. The molecule has 1 saturated heterocycles. The summed E-state index contributed by atoms with van der Waals surface area (Å²) in [7, 11) is 0. The molecule has 3 unspecified atom stereocenters. The highest BCUT2D eigenvalue weighted by atomic mass is 16.1. The molecular weight excluding hydrogens is 372 g/mol. The first-order valence-corrected chi connectivity index (χ1v) is 11.8. The molecule has 5 heteroatoms. The maximum Gasteiger partial charge on any atom is 0.220 e. The number of aryl methyl sites for hydroxylation is 1. The van der Waals surface area contributed by atoms with Gasteiger partial charge in [0.15, 0.2) is 0 Å². The second kappa shape index (κ2) is 6.41. The van der Waals surface area contributed by atoms with E-state index < -0.39 is 0 Å². The van der Waals surface area contributed by atoms with Crippen LogP contribution >= 0.6 is 0 Å². The van der Waals surface area contributed by atoms with Crippen LogP contribution in [-0.4, -0.2) is 26.4 Å².